The zero-order chi connectivity index (χ0) is 20.4. The number of aromatic amines is 1. The van der Waals surface area contributed by atoms with E-state index in [1.165, 1.54) is 0 Å². The molecule has 4 N–H and O–H groups in total. The molecule has 0 amide bonds. The molecule has 3 aromatic heterocycles. The first-order valence-electron chi connectivity index (χ1n) is 9.47. The molecule has 1 aromatic carbocycles. The van der Waals surface area contributed by atoms with Crippen molar-refractivity contribution in [3.05, 3.63) is 52.7 Å². The van der Waals surface area contributed by atoms with Gasteiger partial charge in [-0.05, 0) is 43.0 Å². The molecule has 0 bridgehead atoms. The average molecular weight is 384 g/mol. The molecule has 0 unspecified atom stereocenters. The average Bonchev–Trinajstić information content (AvgIpc) is 3.30. The molecule has 0 atom stereocenters. The van der Waals surface area contributed by atoms with Gasteiger partial charge in [0.25, 0.3) is 0 Å². The molecule has 0 spiro atoms. The molecule has 4 aromatic rings. The number of imidazole rings is 1. The molecule has 0 aliphatic rings. The van der Waals surface area contributed by atoms with E-state index in [4.69, 9.17) is 10.7 Å². The van der Waals surface area contributed by atoms with E-state index in [9.17, 15) is 10.5 Å². The van der Waals surface area contributed by atoms with Crippen molar-refractivity contribution in [1.82, 2.24) is 19.6 Å². The zero-order valence-electron chi connectivity index (χ0n) is 16.0. The standard InChI is InChI=1S/C21H20N8/c1-2-13-10-19(25-9-5-7-16-15(12-23)20(24)28-27-16)29-18-8-4-3-6-17(18)26-21(29)14(13)11-22/h3-4,6,8,10,25H,2,5,7,9H2,1H3,(H3,24,27,28). The Morgan fingerprint density at radius 3 is 2.76 bits per heavy atom. The molecule has 8 heteroatoms. The SMILES string of the molecule is CCc1cc(NCCCc2[nH]nc(N)c2C#N)n2c(nc3ccccc32)c1C#N. The molecular weight excluding hydrogens is 364 g/mol. The van der Waals surface area contributed by atoms with Gasteiger partial charge in [0, 0.05) is 6.54 Å². The van der Waals surface area contributed by atoms with Crippen LogP contribution in [0.5, 0.6) is 0 Å². The van der Waals surface area contributed by atoms with Crippen LogP contribution in [0.4, 0.5) is 11.6 Å². The van der Waals surface area contributed by atoms with Gasteiger partial charge in [0.2, 0.25) is 0 Å². The number of hydrogen-bond donors (Lipinski definition) is 3. The number of rotatable bonds is 6. The Morgan fingerprint density at radius 1 is 1.21 bits per heavy atom. The van der Waals surface area contributed by atoms with Crippen molar-refractivity contribution >= 4 is 28.3 Å². The Bertz CT molecular complexity index is 1280. The number of fused-ring (bicyclic) bond motifs is 3. The fourth-order valence-electron chi connectivity index (χ4n) is 3.60. The van der Waals surface area contributed by atoms with E-state index in [0.717, 1.165) is 41.0 Å². The summed E-state index contributed by atoms with van der Waals surface area (Å²) in [6, 6.07) is 14.3. The van der Waals surface area contributed by atoms with Crippen molar-refractivity contribution in [3.63, 3.8) is 0 Å². The summed E-state index contributed by atoms with van der Waals surface area (Å²) in [5.41, 5.74) is 10.9. The molecule has 4 rings (SSSR count). The number of anilines is 2. The number of nitrogens with two attached hydrogens (primary N) is 1. The number of H-pyrrole nitrogens is 1. The van der Waals surface area contributed by atoms with Gasteiger partial charge >= 0.3 is 0 Å². The van der Waals surface area contributed by atoms with E-state index in [1.54, 1.807) is 0 Å². The van der Waals surface area contributed by atoms with Crippen LogP contribution in [0.1, 0.15) is 35.7 Å². The summed E-state index contributed by atoms with van der Waals surface area (Å²) in [7, 11) is 0. The summed E-state index contributed by atoms with van der Waals surface area (Å²) >= 11 is 0. The fourth-order valence-corrected chi connectivity index (χ4v) is 3.60. The number of para-hydroxylation sites is 2. The van der Waals surface area contributed by atoms with Crippen LogP contribution in [0, 0.1) is 22.7 Å². The van der Waals surface area contributed by atoms with E-state index in [-0.39, 0.29) is 5.82 Å². The van der Waals surface area contributed by atoms with Crippen LogP contribution >= 0.6 is 0 Å². The second kappa shape index (κ2) is 7.53. The van der Waals surface area contributed by atoms with Crippen LogP contribution in [0.2, 0.25) is 0 Å². The van der Waals surface area contributed by atoms with Gasteiger partial charge in [0.1, 0.15) is 23.5 Å². The third-order valence-corrected chi connectivity index (χ3v) is 5.04. The van der Waals surface area contributed by atoms with Crippen molar-refractivity contribution in [2.45, 2.75) is 26.2 Å². The van der Waals surface area contributed by atoms with Crippen molar-refractivity contribution in [3.8, 4) is 12.1 Å². The molecule has 0 radical (unpaired) electrons. The number of benzene rings is 1. The predicted molar refractivity (Wildman–Crippen MR) is 111 cm³/mol. The van der Waals surface area contributed by atoms with E-state index in [0.29, 0.717) is 29.7 Å². The van der Waals surface area contributed by atoms with Gasteiger partial charge in [-0.1, -0.05) is 19.1 Å². The summed E-state index contributed by atoms with van der Waals surface area (Å²) in [6.07, 6.45) is 2.19. The van der Waals surface area contributed by atoms with E-state index >= 15 is 0 Å². The second-order valence-electron chi connectivity index (χ2n) is 6.76. The lowest BCUT2D eigenvalue weighted by atomic mass is 10.1. The van der Waals surface area contributed by atoms with Crippen LogP contribution < -0.4 is 11.1 Å². The number of aryl methyl sites for hydroxylation is 2. The Balaban J connectivity index is 1.65. The number of nitriles is 2. The lowest BCUT2D eigenvalue weighted by Gasteiger charge is -2.13. The summed E-state index contributed by atoms with van der Waals surface area (Å²) in [6.45, 7) is 2.71. The number of hydrogen-bond acceptors (Lipinski definition) is 6. The zero-order valence-corrected chi connectivity index (χ0v) is 16.0. The number of nitrogen functional groups attached to an aromatic ring is 1. The van der Waals surface area contributed by atoms with Crippen LogP contribution in [0.15, 0.2) is 30.3 Å². The Morgan fingerprint density at radius 2 is 2.00 bits per heavy atom. The Labute approximate surface area is 167 Å². The van der Waals surface area contributed by atoms with E-state index < -0.39 is 0 Å². The van der Waals surface area contributed by atoms with Gasteiger partial charge in [-0.3, -0.25) is 9.50 Å². The molecule has 0 saturated heterocycles. The molecular formula is C21H20N8. The minimum Gasteiger partial charge on any atom is -0.381 e. The van der Waals surface area contributed by atoms with Gasteiger partial charge in [0.05, 0.1) is 22.3 Å². The van der Waals surface area contributed by atoms with Crippen molar-refractivity contribution in [2.75, 3.05) is 17.6 Å². The first-order valence-corrected chi connectivity index (χ1v) is 9.47. The summed E-state index contributed by atoms with van der Waals surface area (Å²) in [5, 5.41) is 29.1. The molecule has 8 nitrogen and oxygen atoms in total. The van der Waals surface area contributed by atoms with Crippen molar-refractivity contribution in [1.29, 1.82) is 10.5 Å². The van der Waals surface area contributed by atoms with Gasteiger partial charge in [-0.2, -0.15) is 15.6 Å². The topological polar surface area (TPSA) is 132 Å². The number of aromatic nitrogens is 4. The largest absolute Gasteiger partial charge is 0.381 e. The number of nitrogens with zero attached hydrogens (tertiary/aromatic N) is 5. The summed E-state index contributed by atoms with van der Waals surface area (Å²) in [4.78, 5) is 4.69. The molecule has 0 aliphatic heterocycles. The number of nitrogens with one attached hydrogen (secondary N) is 2. The van der Waals surface area contributed by atoms with Crippen LogP contribution in [-0.4, -0.2) is 26.1 Å². The number of pyridine rings is 1. The maximum absolute atomic E-state index is 9.69. The van der Waals surface area contributed by atoms with Gasteiger partial charge < -0.3 is 11.1 Å². The third-order valence-electron chi connectivity index (χ3n) is 5.04. The minimum absolute atomic E-state index is 0.238. The highest BCUT2D eigenvalue weighted by Gasteiger charge is 2.16. The van der Waals surface area contributed by atoms with Crippen LogP contribution in [-0.2, 0) is 12.8 Å². The van der Waals surface area contributed by atoms with Crippen molar-refractivity contribution in [2.24, 2.45) is 0 Å². The maximum atomic E-state index is 9.69. The molecule has 144 valence electrons. The third kappa shape index (κ3) is 3.11. The lowest BCUT2D eigenvalue weighted by molar-refractivity contribution is 0.821. The molecule has 0 fully saturated rings. The Hall–Kier alpha value is -4.04. The maximum Gasteiger partial charge on any atom is 0.163 e. The molecule has 0 saturated carbocycles. The van der Waals surface area contributed by atoms with Crippen molar-refractivity contribution < 1.29 is 0 Å². The van der Waals surface area contributed by atoms with Crippen LogP contribution in [0.25, 0.3) is 16.7 Å². The lowest BCUT2D eigenvalue weighted by Crippen LogP contribution is -2.09. The molecule has 3 heterocycles. The fraction of sp³-hybridized carbons (Fsp3) is 0.238. The van der Waals surface area contributed by atoms with Gasteiger partial charge in [0.15, 0.2) is 11.5 Å². The highest BCUT2D eigenvalue weighted by molar-refractivity contribution is 5.85. The predicted octanol–water partition coefficient (Wildman–Crippen LogP) is 3.14. The normalized spacial score (nSPS) is 10.9. The second-order valence-corrected chi connectivity index (χ2v) is 6.76. The monoisotopic (exact) mass is 384 g/mol. The minimum atomic E-state index is 0.238. The highest BCUT2D eigenvalue weighted by Crippen LogP contribution is 2.27. The smallest absolute Gasteiger partial charge is 0.163 e. The van der Waals surface area contributed by atoms with Gasteiger partial charge in [-0.15, -0.1) is 0 Å². The first-order chi connectivity index (χ1) is 14.2. The highest BCUT2D eigenvalue weighted by atomic mass is 15.2. The van der Waals surface area contributed by atoms with Crippen LogP contribution in [0.3, 0.4) is 0 Å². The van der Waals surface area contributed by atoms with E-state index in [1.807, 2.05) is 41.7 Å². The first kappa shape index (κ1) is 18.3. The Kier molecular flexibility index (Phi) is 4.76. The van der Waals surface area contributed by atoms with Gasteiger partial charge in [-0.25, -0.2) is 4.98 Å². The summed E-state index contributed by atoms with van der Waals surface area (Å²) in [5.74, 6) is 1.14. The van der Waals surface area contributed by atoms with E-state index in [2.05, 4.69) is 27.7 Å². The molecule has 0 aliphatic carbocycles. The summed E-state index contributed by atoms with van der Waals surface area (Å²) < 4.78 is 2.00. The molecule has 29 heavy (non-hydrogen) atoms. The quantitative estimate of drug-likeness (QED) is 0.438.